The maximum absolute atomic E-state index is 13.4. The molecule has 3 aromatic rings. The highest BCUT2D eigenvalue weighted by molar-refractivity contribution is 7.18. The fourth-order valence-electron chi connectivity index (χ4n) is 2.75. The van der Waals surface area contributed by atoms with E-state index in [1.54, 1.807) is 20.8 Å². The van der Waals surface area contributed by atoms with Crippen molar-refractivity contribution in [2.45, 2.75) is 32.9 Å². The molecule has 2 heterocycles. The summed E-state index contributed by atoms with van der Waals surface area (Å²) in [6.45, 7) is 5.11. The number of ketones is 1. The van der Waals surface area contributed by atoms with E-state index in [1.807, 2.05) is 0 Å². The number of rotatable bonds is 8. The standard InChI is InChI=1S/C20H21FN6O4S/c1-9(2)24-19(30)13-8-14(31-26-13)15(28)16-17(22)25-20(32-16)27(10(3)18(23)29)12-6-4-11(21)5-7-12/h4-10H,22H2,1-3H3,(H2,23,29)(H,24,30)/t10-/m1/s1. The van der Waals surface area contributed by atoms with E-state index in [0.29, 0.717) is 5.69 Å². The number of carbonyl (C=O) groups excluding carboxylic acids is 3. The SMILES string of the molecule is CC(C)NC(=O)c1cc(C(=O)c2sc(N(c3ccc(F)cc3)[C@H](C)C(N)=O)nc2N)on1. The van der Waals surface area contributed by atoms with Gasteiger partial charge in [-0.15, -0.1) is 0 Å². The fourth-order valence-corrected chi connectivity index (χ4v) is 3.78. The molecule has 0 aliphatic carbocycles. The number of amides is 2. The first-order valence-corrected chi connectivity index (χ1v) is 10.3. The Morgan fingerprint density at radius 3 is 2.44 bits per heavy atom. The molecule has 0 spiro atoms. The molecule has 1 atom stereocenters. The Balaban J connectivity index is 1.95. The van der Waals surface area contributed by atoms with Gasteiger partial charge in [-0.25, -0.2) is 9.37 Å². The zero-order valence-corrected chi connectivity index (χ0v) is 18.3. The Bertz CT molecular complexity index is 1160. The van der Waals surface area contributed by atoms with Gasteiger partial charge in [-0.2, -0.15) is 0 Å². The Labute approximate surface area is 186 Å². The van der Waals surface area contributed by atoms with Crippen LogP contribution in [-0.2, 0) is 4.79 Å². The van der Waals surface area contributed by atoms with Gasteiger partial charge in [0.2, 0.25) is 17.5 Å². The van der Waals surface area contributed by atoms with Crippen LogP contribution in [0.1, 0.15) is 46.7 Å². The van der Waals surface area contributed by atoms with E-state index in [1.165, 1.54) is 35.2 Å². The van der Waals surface area contributed by atoms with Crippen molar-refractivity contribution < 1.29 is 23.3 Å². The first-order chi connectivity index (χ1) is 15.1. The number of hydrogen-bond donors (Lipinski definition) is 3. The van der Waals surface area contributed by atoms with E-state index >= 15 is 0 Å². The normalized spacial score (nSPS) is 11.9. The number of anilines is 3. The van der Waals surface area contributed by atoms with Gasteiger partial charge in [-0.3, -0.25) is 14.4 Å². The van der Waals surface area contributed by atoms with Crippen molar-refractivity contribution in [1.82, 2.24) is 15.5 Å². The number of carbonyl (C=O) groups is 3. The molecule has 0 unspecified atom stereocenters. The molecule has 2 aromatic heterocycles. The van der Waals surface area contributed by atoms with Crippen LogP contribution in [0.5, 0.6) is 0 Å². The third kappa shape index (κ3) is 4.75. The summed E-state index contributed by atoms with van der Waals surface area (Å²) in [5.74, 6) is -2.54. The number of nitrogen functional groups attached to an aromatic ring is 1. The molecule has 1 aromatic carbocycles. The van der Waals surface area contributed by atoms with Crippen molar-refractivity contribution in [3.63, 3.8) is 0 Å². The summed E-state index contributed by atoms with van der Waals surface area (Å²) >= 11 is 0.894. The molecule has 0 saturated carbocycles. The van der Waals surface area contributed by atoms with Crippen LogP contribution >= 0.6 is 11.3 Å². The lowest BCUT2D eigenvalue weighted by Crippen LogP contribution is -2.39. The second kappa shape index (κ2) is 9.14. The van der Waals surface area contributed by atoms with Gasteiger partial charge in [0.1, 0.15) is 22.6 Å². The van der Waals surface area contributed by atoms with Gasteiger partial charge < -0.3 is 26.2 Å². The number of nitrogens with zero attached hydrogens (tertiary/aromatic N) is 3. The van der Waals surface area contributed by atoms with Gasteiger partial charge in [0.25, 0.3) is 5.91 Å². The van der Waals surface area contributed by atoms with Crippen molar-refractivity contribution in [3.8, 4) is 0 Å². The van der Waals surface area contributed by atoms with Crippen LogP contribution in [0.4, 0.5) is 21.0 Å². The minimum absolute atomic E-state index is 0.0238. The number of primary amides is 1. The quantitative estimate of drug-likeness (QED) is 0.432. The molecule has 10 nitrogen and oxygen atoms in total. The molecule has 0 saturated heterocycles. The molecule has 5 N–H and O–H groups in total. The number of benzene rings is 1. The summed E-state index contributed by atoms with van der Waals surface area (Å²) in [6, 6.07) is 5.55. The van der Waals surface area contributed by atoms with Crippen molar-refractivity contribution >= 4 is 45.6 Å². The maximum atomic E-state index is 13.4. The van der Waals surface area contributed by atoms with Crippen LogP contribution < -0.4 is 21.7 Å². The number of nitrogens with two attached hydrogens (primary N) is 2. The highest BCUT2D eigenvalue weighted by Gasteiger charge is 2.29. The van der Waals surface area contributed by atoms with Crippen LogP contribution in [0.2, 0.25) is 0 Å². The summed E-state index contributed by atoms with van der Waals surface area (Å²) in [5.41, 5.74) is 11.8. The van der Waals surface area contributed by atoms with Gasteiger partial charge in [0.05, 0.1) is 0 Å². The van der Waals surface area contributed by atoms with E-state index in [9.17, 15) is 18.8 Å². The predicted octanol–water partition coefficient (Wildman–Crippen LogP) is 2.23. The molecule has 32 heavy (non-hydrogen) atoms. The second-order valence-electron chi connectivity index (χ2n) is 7.17. The van der Waals surface area contributed by atoms with Crippen LogP contribution in [0, 0.1) is 5.82 Å². The maximum Gasteiger partial charge on any atom is 0.273 e. The molecule has 0 fully saturated rings. The van der Waals surface area contributed by atoms with Crippen molar-refractivity contribution in [2.75, 3.05) is 10.6 Å². The van der Waals surface area contributed by atoms with E-state index in [4.69, 9.17) is 16.0 Å². The summed E-state index contributed by atoms with van der Waals surface area (Å²) in [6.07, 6.45) is 0. The molecule has 2 amide bonds. The first kappa shape index (κ1) is 22.9. The topological polar surface area (TPSA) is 157 Å². The van der Waals surface area contributed by atoms with Crippen LogP contribution in [-0.4, -0.2) is 39.8 Å². The van der Waals surface area contributed by atoms with Gasteiger partial charge in [-0.05, 0) is 45.0 Å². The summed E-state index contributed by atoms with van der Waals surface area (Å²) in [4.78, 5) is 42.5. The highest BCUT2D eigenvalue weighted by Crippen LogP contribution is 2.36. The molecule has 0 aliphatic heterocycles. The fraction of sp³-hybridized carbons (Fsp3) is 0.250. The third-order valence-corrected chi connectivity index (χ3v) is 5.41. The molecule has 12 heteroatoms. The molecular weight excluding hydrogens is 439 g/mol. The lowest BCUT2D eigenvalue weighted by Gasteiger charge is -2.26. The monoisotopic (exact) mass is 460 g/mol. The van der Waals surface area contributed by atoms with Gasteiger partial charge in [-0.1, -0.05) is 16.5 Å². The number of hydrogen-bond acceptors (Lipinski definition) is 9. The van der Waals surface area contributed by atoms with Crippen molar-refractivity contribution in [1.29, 1.82) is 0 Å². The predicted molar refractivity (Wildman–Crippen MR) is 116 cm³/mol. The molecule has 0 aliphatic rings. The molecule has 3 rings (SSSR count). The summed E-state index contributed by atoms with van der Waals surface area (Å²) in [5, 5.41) is 6.46. The van der Waals surface area contributed by atoms with E-state index < -0.39 is 29.5 Å². The number of nitrogens with one attached hydrogen (secondary N) is 1. The molecule has 0 radical (unpaired) electrons. The number of thiazole rings is 1. The van der Waals surface area contributed by atoms with E-state index in [0.717, 1.165) is 11.3 Å². The highest BCUT2D eigenvalue weighted by atomic mass is 32.1. The van der Waals surface area contributed by atoms with Crippen molar-refractivity contribution in [2.24, 2.45) is 5.73 Å². The van der Waals surface area contributed by atoms with Gasteiger partial charge in [0.15, 0.2) is 10.8 Å². The van der Waals surface area contributed by atoms with Crippen LogP contribution in [0.25, 0.3) is 0 Å². The zero-order chi connectivity index (χ0) is 23.6. The van der Waals surface area contributed by atoms with Crippen molar-refractivity contribution in [3.05, 3.63) is 52.5 Å². The average molecular weight is 460 g/mol. The molecule has 0 bridgehead atoms. The summed E-state index contributed by atoms with van der Waals surface area (Å²) < 4.78 is 18.4. The largest absolute Gasteiger partial charge is 0.382 e. The minimum Gasteiger partial charge on any atom is -0.382 e. The number of aromatic nitrogens is 2. The average Bonchev–Trinajstić information content (AvgIpc) is 3.36. The van der Waals surface area contributed by atoms with Gasteiger partial charge in [0, 0.05) is 17.8 Å². The summed E-state index contributed by atoms with van der Waals surface area (Å²) in [7, 11) is 0. The van der Waals surface area contributed by atoms with Crippen LogP contribution in [0.15, 0.2) is 34.9 Å². The van der Waals surface area contributed by atoms with E-state index in [2.05, 4.69) is 15.5 Å². The minimum atomic E-state index is -0.870. The van der Waals surface area contributed by atoms with Crippen LogP contribution in [0.3, 0.4) is 0 Å². The Morgan fingerprint density at radius 2 is 1.84 bits per heavy atom. The Hall–Kier alpha value is -3.80. The lowest BCUT2D eigenvalue weighted by molar-refractivity contribution is -0.118. The Morgan fingerprint density at radius 1 is 1.19 bits per heavy atom. The van der Waals surface area contributed by atoms with Gasteiger partial charge >= 0.3 is 0 Å². The lowest BCUT2D eigenvalue weighted by atomic mass is 10.2. The first-order valence-electron chi connectivity index (χ1n) is 9.51. The second-order valence-corrected chi connectivity index (χ2v) is 8.15. The molecular formula is C20H21FN6O4S. The van der Waals surface area contributed by atoms with E-state index in [-0.39, 0.29) is 33.3 Å². The smallest absolute Gasteiger partial charge is 0.273 e. The number of halogens is 1. The molecule has 168 valence electrons. The zero-order valence-electron chi connectivity index (χ0n) is 17.5. The Kier molecular flexibility index (Phi) is 6.53. The third-order valence-electron chi connectivity index (χ3n) is 4.34.